The van der Waals surface area contributed by atoms with E-state index in [1.165, 1.54) is 5.69 Å². The van der Waals surface area contributed by atoms with Crippen molar-refractivity contribution in [3.8, 4) is 5.69 Å². The molecule has 27 heavy (non-hydrogen) atoms. The van der Waals surface area contributed by atoms with Gasteiger partial charge in [-0.1, -0.05) is 38.1 Å². The molecule has 1 aliphatic rings. The van der Waals surface area contributed by atoms with Gasteiger partial charge < -0.3 is 14.8 Å². The Kier molecular flexibility index (Phi) is 4.94. The summed E-state index contributed by atoms with van der Waals surface area (Å²) in [5.74, 6) is 0.509. The molecule has 1 aromatic carbocycles. The predicted molar refractivity (Wildman–Crippen MR) is 113 cm³/mol. The zero-order chi connectivity index (χ0) is 18.8. The Bertz CT molecular complexity index is 904. The highest BCUT2D eigenvalue weighted by Gasteiger charge is 2.41. The Hall–Kier alpha value is -2.66. The standard InChI is InChI=1S/C22H24N4S/c1-16(2)15-26-21(20(24-22(26)27)18-11-6-7-13-23-18)19-12-8-14-25(19)17-9-4-3-5-10-17/h3-14,16,20-21H,15H2,1-2H3,(H,24,27). The fraction of sp³-hybridized carbons (Fsp3) is 0.273. The highest BCUT2D eigenvalue weighted by molar-refractivity contribution is 7.80. The molecule has 3 aromatic rings. The molecular formula is C22H24N4S. The summed E-state index contributed by atoms with van der Waals surface area (Å²) < 4.78 is 2.25. The fourth-order valence-corrected chi connectivity index (χ4v) is 4.09. The Morgan fingerprint density at radius 2 is 1.81 bits per heavy atom. The molecule has 2 aromatic heterocycles. The summed E-state index contributed by atoms with van der Waals surface area (Å²) in [6.07, 6.45) is 3.97. The largest absolute Gasteiger partial charge is 0.352 e. The highest BCUT2D eigenvalue weighted by Crippen LogP contribution is 2.39. The molecule has 0 saturated carbocycles. The third-order valence-electron chi connectivity index (χ3n) is 4.88. The molecular weight excluding hydrogens is 352 g/mol. The number of nitrogens with zero attached hydrogens (tertiary/aromatic N) is 3. The lowest BCUT2D eigenvalue weighted by molar-refractivity contribution is 0.280. The van der Waals surface area contributed by atoms with Crippen molar-refractivity contribution in [2.75, 3.05) is 6.54 Å². The van der Waals surface area contributed by atoms with Crippen LogP contribution in [0.4, 0.5) is 0 Å². The van der Waals surface area contributed by atoms with Gasteiger partial charge in [-0.25, -0.2) is 0 Å². The van der Waals surface area contributed by atoms with Gasteiger partial charge in [-0.05, 0) is 54.5 Å². The van der Waals surface area contributed by atoms with E-state index >= 15 is 0 Å². The molecule has 1 fully saturated rings. The van der Waals surface area contributed by atoms with Crippen molar-refractivity contribution in [2.45, 2.75) is 25.9 Å². The minimum atomic E-state index is 0.0230. The number of thiocarbonyl (C=S) groups is 1. The molecule has 1 aliphatic heterocycles. The van der Waals surface area contributed by atoms with Crippen LogP contribution in [0.1, 0.15) is 37.3 Å². The number of rotatable bonds is 5. The van der Waals surface area contributed by atoms with Crippen molar-refractivity contribution >= 4 is 17.3 Å². The van der Waals surface area contributed by atoms with Crippen LogP contribution in [0.15, 0.2) is 73.1 Å². The topological polar surface area (TPSA) is 33.1 Å². The molecule has 0 spiro atoms. The maximum Gasteiger partial charge on any atom is 0.170 e. The smallest absolute Gasteiger partial charge is 0.170 e. The first kappa shape index (κ1) is 17.7. The summed E-state index contributed by atoms with van der Waals surface area (Å²) in [6.45, 7) is 5.35. The van der Waals surface area contributed by atoms with Crippen LogP contribution in [0.25, 0.3) is 5.69 Å². The monoisotopic (exact) mass is 376 g/mol. The molecule has 0 aliphatic carbocycles. The lowest BCUT2D eigenvalue weighted by Crippen LogP contribution is -2.33. The third kappa shape index (κ3) is 3.47. The summed E-state index contributed by atoms with van der Waals surface area (Å²) in [7, 11) is 0. The number of hydrogen-bond acceptors (Lipinski definition) is 2. The molecule has 5 heteroatoms. The van der Waals surface area contributed by atoms with E-state index in [-0.39, 0.29) is 12.1 Å². The number of pyridine rings is 1. The SMILES string of the molecule is CC(C)CN1C(=S)NC(c2ccccn2)C1c1cccn1-c1ccccc1. The second-order valence-electron chi connectivity index (χ2n) is 7.31. The third-order valence-corrected chi connectivity index (χ3v) is 5.23. The van der Waals surface area contributed by atoms with E-state index in [0.717, 1.165) is 23.0 Å². The van der Waals surface area contributed by atoms with E-state index < -0.39 is 0 Å². The molecule has 2 atom stereocenters. The van der Waals surface area contributed by atoms with Gasteiger partial charge in [0.15, 0.2) is 5.11 Å². The van der Waals surface area contributed by atoms with Crippen molar-refractivity contribution in [3.63, 3.8) is 0 Å². The van der Waals surface area contributed by atoms with Gasteiger partial charge in [-0.15, -0.1) is 0 Å². The molecule has 4 nitrogen and oxygen atoms in total. The van der Waals surface area contributed by atoms with Gasteiger partial charge in [0.1, 0.15) is 0 Å². The van der Waals surface area contributed by atoms with Crippen LogP contribution in [0.5, 0.6) is 0 Å². The molecule has 1 saturated heterocycles. The molecule has 3 heterocycles. The van der Waals surface area contributed by atoms with Gasteiger partial charge in [-0.3, -0.25) is 4.98 Å². The van der Waals surface area contributed by atoms with Gasteiger partial charge in [0.2, 0.25) is 0 Å². The van der Waals surface area contributed by atoms with Crippen LogP contribution >= 0.6 is 12.2 Å². The number of nitrogens with one attached hydrogen (secondary N) is 1. The van der Waals surface area contributed by atoms with Crippen LogP contribution in [0.2, 0.25) is 0 Å². The van der Waals surface area contributed by atoms with Crippen LogP contribution in [-0.4, -0.2) is 26.1 Å². The Morgan fingerprint density at radius 3 is 2.52 bits per heavy atom. The fourth-order valence-electron chi connectivity index (χ4n) is 3.78. The second-order valence-corrected chi connectivity index (χ2v) is 7.70. The van der Waals surface area contributed by atoms with Gasteiger partial charge >= 0.3 is 0 Å². The van der Waals surface area contributed by atoms with Crippen molar-refractivity contribution in [2.24, 2.45) is 5.92 Å². The lowest BCUT2D eigenvalue weighted by atomic mass is 10.0. The average Bonchev–Trinajstić information content (AvgIpc) is 3.28. The zero-order valence-corrected chi connectivity index (χ0v) is 16.4. The van der Waals surface area contributed by atoms with Gasteiger partial charge in [0.05, 0.1) is 17.8 Å². The number of aromatic nitrogens is 2. The van der Waals surface area contributed by atoms with Crippen molar-refractivity contribution in [3.05, 3.63) is 84.4 Å². The van der Waals surface area contributed by atoms with Crippen molar-refractivity contribution < 1.29 is 0 Å². The highest BCUT2D eigenvalue weighted by atomic mass is 32.1. The summed E-state index contributed by atoms with van der Waals surface area (Å²) in [6, 6.07) is 20.9. The molecule has 138 valence electrons. The maximum absolute atomic E-state index is 5.72. The first-order chi connectivity index (χ1) is 13.1. The van der Waals surface area contributed by atoms with E-state index in [1.807, 2.05) is 24.4 Å². The van der Waals surface area contributed by atoms with Crippen LogP contribution < -0.4 is 5.32 Å². The molecule has 4 rings (SSSR count). The average molecular weight is 377 g/mol. The molecule has 1 N–H and O–H groups in total. The van der Waals surface area contributed by atoms with E-state index in [9.17, 15) is 0 Å². The molecule has 0 bridgehead atoms. The summed E-state index contributed by atoms with van der Waals surface area (Å²) in [4.78, 5) is 6.93. The Balaban J connectivity index is 1.81. The van der Waals surface area contributed by atoms with Gasteiger partial charge in [-0.2, -0.15) is 0 Å². The predicted octanol–water partition coefficient (Wildman–Crippen LogP) is 4.50. The minimum Gasteiger partial charge on any atom is -0.352 e. The molecule has 0 radical (unpaired) electrons. The molecule has 2 unspecified atom stereocenters. The Labute approximate surface area is 165 Å². The van der Waals surface area contributed by atoms with Crippen molar-refractivity contribution in [1.82, 2.24) is 19.8 Å². The van der Waals surface area contributed by atoms with Crippen LogP contribution in [-0.2, 0) is 0 Å². The van der Waals surface area contributed by atoms with E-state index in [2.05, 4.69) is 82.3 Å². The normalized spacial score (nSPS) is 19.5. The van der Waals surface area contributed by atoms with E-state index in [1.54, 1.807) is 0 Å². The number of benzene rings is 1. The number of para-hydroxylation sites is 1. The van der Waals surface area contributed by atoms with E-state index in [0.29, 0.717) is 5.92 Å². The van der Waals surface area contributed by atoms with Gasteiger partial charge in [0, 0.05) is 30.3 Å². The van der Waals surface area contributed by atoms with Crippen LogP contribution in [0.3, 0.4) is 0 Å². The second kappa shape index (κ2) is 7.53. The lowest BCUT2D eigenvalue weighted by Gasteiger charge is -2.30. The summed E-state index contributed by atoms with van der Waals surface area (Å²) in [5.41, 5.74) is 3.38. The Morgan fingerprint density at radius 1 is 1.04 bits per heavy atom. The first-order valence-electron chi connectivity index (χ1n) is 9.36. The van der Waals surface area contributed by atoms with Crippen molar-refractivity contribution in [1.29, 1.82) is 0 Å². The summed E-state index contributed by atoms with van der Waals surface area (Å²) >= 11 is 5.72. The minimum absolute atomic E-state index is 0.0230. The quantitative estimate of drug-likeness (QED) is 0.665. The van der Waals surface area contributed by atoms with Crippen LogP contribution in [0, 0.1) is 5.92 Å². The summed E-state index contributed by atoms with van der Waals surface area (Å²) in [5, 5.41) is 4.32. The molecule has 0 amide bonds. The van der Waals surface area contributed by atoms with Gasteiger partial charge in [0.25, 0.3) is 0 Å². The number of hydrogen-bond donors (Lipinski definition) is 1. The first-order valence-corrected chi connectivity index (χ1v) is 9.76. The zero-order valence-electron chi connectivity index (χ0n) is 15.6. The van der Waals surface area contributed by atoms with E-state index in [4.69, 9.17) is 12.2 Å². The maximum atomic E-state index is 5.72.